The molecule has 0 spiro atoms. The van der Waals surface area contributed by atoms with Gasteiger partial charge in [0.25, 0.3) is 17.3 Å². The normalized spacial score (nSPS) is 19.3. The molecule has 0 bridgehead atoms. The maximum atomic E-state index is 13.2. The Morgan fingerprint density at radius 1 is 1.40 bits per heavy atom. The van der Waals surface area contributed by atoms with Gasteiger partial charge in [0.1, 0.15) is 17.1 Å². The summed E-state index contributed by atoms with van der Waals surface area (Å²) in [5.74, 6) is -4.11. The van der Waals surface area contributed by atoms with E-state index in [1.807, 2.05) is 4.57 Å². The number of nitrogens with zero attached hydrogens (tertiary/aromatic N) is 4. The molecule has 14 nitrogen and oxygen atoms in total. The van der Waals surface area contributed by atoms with Gasteiger partial charge >= 0.3 is 5.97 Å². The molecule has 3 aromatic heterocycles. The molecule has 1 fully saturated rings. The van der Waals surface area contributed by atoms with E-state index >= 15 is 0 Å². The molecular weight excluding hydrogens is 564 g/mol. The van der Waals surface area contributed by atoms with Crippen molar-refractivity contribution in [2.24, 2.45) is 5.16 Å². The number of nitrogens with two attached hydrogens (primary N) is 1. The summed E-state index contributed by atoms with van der Waals surface area (Å²) in [5, 5.41) is 28.6. The van der Waals surface area contributed by atoms with Crippen LogP contribution in [0, 0.1) is 0 Å². The van der Waals surface area contributed by atoms with Crippen LogP contribution in [-0.2, 0) is 30.6 Å². The number of carbonyl (C=O) groups excluding carboxylic acids is 3. The maximum absolute atomic E-state index is 13.2. The molecule has 1 unspecified atom stereocenters. The van der Waals surface area contributed by atoms with E-state index in [9.17, 15) is 29.4 Å². The molecule has 2 amide bonds. The van der Waals surface area contributed by atoms with Crippen molar-refractivity contribution in [2.45, 2.75) is 37.4 Å². The number of thioether (sulfide) groups is 1. The van der Waals surface area contributed by atoms with Crippen LogP contribution in [0.4, 0.5) is 5.13 Å². The van der Waals surface area contributed by atoms with Gasteiger partial charge in [-0.2, -0.15) is 4.57 Å². The largest absolute Gasteiger partial charge is 0.543 e. The summed E-state index contributed by atoms with van der Waals surface area (Å²) < 4.78 is 7.21. The van der Waals surface area contributed by atoms with E-state index in [0.29, 0.717) is 11.2 Å². The Morgan fingerprint density at radius 2 is 2.17 bits per heavy atom. The minimum absolute atomic E-state index is 0.0177. The maximum Gasteiger partial charge on any atom is 0.350 e. The zero-order chi connectivity index (χ0) is 28.8. The number of carboxylic acids is 2. The zero-order valence-corrected chi connectivity index (χ0v) is 22.7. The number of carbonyl (C=O) groups is 4. The first-order chi connectivity index (χ1) is 19.0. The number of rotatable bonds is 9. The first kappa shape index (κ1) is 27.1. The number of hydrogen-bond donors (Lipinski definition) is 3. The first-order valence-electron chi connectivity index (χ1n) is 11.7. The van der Waals surface area contributed by atoms with E-state index in [1.54, 1.807) is 24.4 Å². The van der Waals surface area contributed by atoms with E-state index in [2.05, 4.69) is 15.5 Å². The number of furan rings is 1. The number of amides is 2. The van der Waals surface area contributed by atoms with Crippen molar-refractivity contribution in [2.75, 3.05) is 11.5 Å². The Balaban J connectivity index is 1.38. The van der Waals surface area contributed by atoms with Crippen LogP contribution in [0.2, 0.25) is 0 Å². The van der Waals surface area contributed by atoms with E-state index in [-0.39, 0.29) is 28.8 Å². The Hall–Kier alpha value is -4.44. The van der Waals surface area contributed by atoms with E-state index in [4.69, 9.17) is 15.0 Å². The summed E-state index contributed by atoms with van der Waals surface area (Å²) in [5.41, 5.74) is 5.12. The van der Waals surface area contributed by atoms with Gasteiger partial charge in [-0.1, -0.05) is 5.16 Å². The number of carboxylic acid groups (broad SMARTS) is 2. The minimum Gasteiger partial charge on any atom is -0.543 e. The lowest BCUT2D eigenvalue weighted by atomic mass is 10.0. The predicted molar refractivity (Wildman–Crippen MR) is 139 cm³/mol. The monoisotopic (exact) mass is 586 g/mol. The van der Waals surface area contributed by atoms with Gasteiger partial charge < -0.3 is 35.3 Å². The molecule has 4 N–H and O–H groups in total. The quantitative estimate of drug-likeness (QED) is 0.125. The molecule has 1 saturated heterocycles. The molecule has 16 heteroatoms. The van der Waals surface area contributed by atoms with Crippen LogP contribution in [0.15, 0.2) is 56.9 Å². The van der Waals surface area contributed by atoms with Crippen LogP contribution < -0.4 is 20.7 Å². The van der Waals surface area contributed by atoms with Crippen LogP contribution in [0.5, 0.6) is 0 Å². The van der Waals surface area contributed by atoms with Gasteiger partial charge in [0.15, 0.2) is 29.2 Å². The fourth-order valence-electron chi connectivity index (χ4n) is 4.14. The Kier molecular flexibility index (Phi) is 6.97. The smallest absolute Gasteiger partial charge is 0.350 e. The number of pyridine rings is 1. The zero-order valence-electron chi connectivity index (χ0n) is 21.0. The highest BCUT2D eigenvalue weighted by Crippen LogP contribution is 2.40. The fourth-order valence-corrected chi connectivity index (χ4v) is 6.02. The molecule has 40 heavy (non-hydrogen) atoms. The molecule has 208 valence electrons. The molecule has 0 saturated carbocycles. The summed E-state index contributed by atoms with van der Waals surface area (Å²) in [6, 6.07) is 4.21. The summed E-state index contributed by atoms with van der Waals surface area (Å²) in [7, 11) is 0. The van der Waals surface area contributed by atoms with Gasteiger partial charge in [0.05, 0.1) is 17.9 Å². The molecule has 3 aromatic rings. The lowest BCUT2D eigenvalue weighted by Gasteiger charge is -2.50. The van der Waals surface area contributed by atoms with Crippen molar-refractivity contribution in [3.05, 3.63) is 53.0 Å². The molecule has 2 aliphatic heterocycles. The minimum atomic E-state index is -1.77. The summed E-state index contributed by atoms with van der Waals surface area (Å²) in [6.45, 7) is 2.67. The third-order valence-corrected chi connectivity index (χ3v) is 8.26. The van der Waals surface area contributed by atoms with Gasteiger partial charge in [-0.05, 0) is 19.9 Å². The van der Waals surface area contributed by atoms with Gasteiger partial charge in [0, 0.05) is 28.8 Å². The summed E-state index contributed by atoms with van der Waals surface area (Å²) in [4.78, 5) is 60.1. The molecule has 5 rings (SSSR count). The van der Waals surface area contributed by atoms with Crippen molar-refractivity contribution in [1.29, 1.82) is 0 Å². The van der Waals surface area contributed by atoms with Gasteiger partial charge in [-0.3, -0.25) is 14.5 Å². The van der Waals surface area contributed by atoms with Crippen molar-refractivity contribution < 1.29 is 43.2 Å². The Labute approximate surface area is 234 Å². The van der Waals surface area contributed by atoms with Crippen LogP contribution in [0.1, 0.15) is 19.5 Å². The topological polar surface area (TPSA) is 204 Å². The number of aliphatic carboxylic acids is 2. The highest BCUT2D eigenvalue weighted by Gasteiger charge is 2.53. The molecule has 0 aromatic carbocycles. The molecule has 0 radical (unpaired) electrons. The van der Waals surface area contributed by atoms with Gasteiger partial charge in [0.2, 0.25) is 5.60 Å². The number of nitrogen functional groups attached to an aromatic ring is 1. The number of aromatic nitrogens is 2. The number of thiazole rings is 1. The predicted octanol–water partition coefficient (Wildman–Crippen LogP) is -0.553. The fraction of sp³-hybridized carbons (Fsp3) is 0.292. The van der Waals surface area contributed by atoms with Crippen molar-refractivity contribution >= 4 is 68.8 Å². The van der Waals surface area contributed by atoms with Crippen LogP contribution >= 0.6 is 23.1 Å². The van der Waals surface area contributed by atoms with Crippen molar-refractivity contribution in [1.82, 2.24) is 15.2 Å². The molecule has 0 aliphatic carbocycles. The van der Waals surface area contributed by atoms with E-state index in [1.165, 1.54) is 37.3 Å². The number of nitrogens with one attached hydrogen (secondary N) is 1. The standard InChI is InChI=1S/C24H22N6O8S2/c1-24(2,22(35)36)38-28-15(12-10-40-23(25)26-12)18(31)27-16-19(32)30-17(21(33)34)11(9-39-20(16)30)8-29-6-3-4-14-13(29)5-7-37-14/h3-7,10,16,20H,8-9H2,1-2H3,(H4-,25,26,27,31,33,34,35,36)/b28-15-/t16?,20-/m1/s1. The lowest BCUT2D eigenvalue weighted by Crippen LogP contribution is -2.71. The first-order valence-corrected chi connectivity index (χ1v) is 13.7. The van der Waals surface area contributed by atoms with Crippen molar-refractivity contribution in [3.63, 3.8) is 0 Å². The summed E-state index contributed by atoms with van der Waals surface area (Å²) in [6.07, 6.45) is 3.30. The highest BCUT2D eigenvalue weighted by molar-refractivity contribution is 8.00. The second-order valence-electron chi connectivity index (χ2n) is 9.32. The van der Waals surface area contributed by atoms with Crippen molar-refractivity contribution in [3.8, 4) is 0 Å². The van der Waals surface area contributed by atoms with Crippen LogP contribution in [-0.4, -0.2) is 67.2 Å². The number of hydrogen-bond acceptors (Lipinski definition) is 12. The third-order valence-electron chi connectivity index (χ3n) is 6.24. The average molecular weight is 587 g/mol. The van der Waals surface area contributed by atoms with Gasteiger partial charge in [-0.15, -0.1) is 23.1 Å². The Morgan fingerprint density at radius 3 is 2.85 bits per heavy atom. The number of oxime groups is 1. The third kappa shape index (κ3) is 4.86. The second kappa shape index (κ2) is 10.3. The lowest BCUT2D eigenvalue weighted by molar-refractivity contribution is -0.663. The van der Waals surface area contributed by atoms with E-state index in [0.717, 1.165) is 21.8 Å². The van der Waals surface area contributed by atoms with Gasteiger partial charge in [-0.25, -0.2) is 9.78 Å². The molecule has 2 aliphatic rings. The van der Waals surface area contributed by atoms with E-state index < -0.39 is 46.5 Å². The second-order valence-corrected chi connectivity index (χ2v) is 11.3. The number of β-lactam (4-membered cyclic amide) rings is 1. The summed E-state index contributed by atoms with van der Waals surface area (Å²) >= 11 is 2.30. The molecule has 5 heterocycles. The molecule has 2 atom stereocenters. The number of anilines is 1. The van der Waals surface area contributed by atoms with Crippen LogP contribution in [0.3, 0.4) is 0 Å². The van der Waals surface area contributed by atoms with Crippen LogP contribution in [0.25, 0.3) is 11.1 Å². The Bertz CT molecular complexity index is 1610. The highest BCUT2D eigenvalue weighted by atomic mass is 32.2. The number of fused-ring (bicyclic) bond motifs is 2. The molecular formula is C24H22N6O8S2. The average Bonchev–Trinajstić information content (AvgIpc) is 3.56. The SMILES string of the molecule is CC(C)(O/N=C(\C(=O)NC1C(=O)N2C(C(=O)[O-])=C(C[n+]3cccc4occc43)CS[C@H]12)c1csc(N)n1)C(=O)O.